The third kappa shape index (κ3) is 2.59. The lowest BCUT2D eigenvalue weighted by atomic mass is 9.95. The number of carbonyl (C=O) groups excluding carboxylic acids is 1. The largest absolute Gasteiger partial charge is 0.406 e. The molecule has 8 heteroatoms. The molecule has 2 rings (SSSR count). The van der Waals surface area contributed by atoms with Crippen molar-refractivity contribution in [3.63, 3.8) is 0 Å². The second-order valence-corrected chi connectivity index (χ2v) is 5.25. The molecule has 0 atom stereocenters. The minimum Gasteiger partial charge on any atom is -0.358 e. The highest BCUT2D eigenvalue weighted by atomic mass is 16.6. The van der Waals surface area contributed by atoms with Gasteiger partial charge in [-0.2, -0.15) is 0 Å². The molecule has 0 bridgehead atoms. The van der Waals surface area contributed by atoms with Crippen LogP contribution in [0.1, 0.15) is 12.8 Å². The van der Waals surface area contributed by atoms with Gasteiger partial charge in [0.05, 0.1) is 0 Å². The van der Waals surface area contributed by atoms with Crippen molar-refractivity contribution in [3.8, 4) is 0 Å². The van der Waals surface area contributed by atoms with Gasteiger partial charge in [0.15, 0.2) is 0 Å². The molecule has 1 fully saturated rings. The molecule has 110 valence electrons. The first-order valence-electron chi connectivity index (χ1n) is 6.53. The van der Waals surface area contributed by atoms with Crippen molar-refractivity contribution in [2.24, 2.45) is 13.0 Å². The molecule has 1 aromatic rings. The van der Waals surface area contributed by atoms with E-state index in [0.717, 1.165) is 0 Å². The Morgan fingerprint density at radius 2 is 2.05 bits per heavy atom. The second kappa shape index (κ2) is 5.48. The van der Waals surface area contributed by atoms with Crippen LogP contribution in [0.15, 0.2) is 6.33 Å². The van der Waals surface area contributed by atoms with Gasteiger partial charge < -0.3 is 19.9 Å². The molecule has 20 heavy (non-hydrogen) atoms. The van der Waals surface area contributed by atoms with Gasteiger partial charge in [-0.25, -0.2) is 0 Å². The Morgan fingerprint density at radius 3 is 2.55 bits per heavy atom. The maximum absolute atomic E-state index is 11.9. The summed E-state index contributed by atoms with van der Waals surface area (Å²) in [5.74, 6) is 0.535. The van der Waals surface area contributed by atoms with Gasteiger partial charge in [-0.05, 0) is 22.7 Å². The quantitative estimate of drug-likeness (QED) is 0.599. The number of hydrogen-bond acceptors (Lipinski definition) is 5. The summed E-state index contributed by atoms with van der Waals surface area (Å²) in [5, 5.41) is 11.0. The number of imidazole rings is 1. The summed E-state index contributed by atoms with van der Waals surface area (Å²) in [6.07, 6.45) is 2.86. The Labute approximate surface area is 117 Å². The number of carbonyl (C=O) groups is 1. The Bertz CT molecular complexity index is 517. The van der Waals surface area contributed by atoms with Gasteiger partial charge in [-0.3, -0.25) is 9.36 Å². The molecule has 0 unspecified atom stereocenters. The number of anilines is 1. The first kappa shape index (κ1) is 14.3. The van der Waals surface area contributed by atoms with E-state index in [0.29, 0.717) is 31.7 Å². The zero-order chi connectivity index (χ0) is 14.9. The summed E-state index contributed by atoms with van der Waals surface area (Å²) in [5.41, 5.74) is 0. The minimum absolute atomic E-state index is 0.00790. The number of amides is 1. The van der Waals surface area contributed by atoms with Gasteiger partial charge in [0, 0.05) is 40.2 Å². The van der Waals surface area contributed by atoms with Crippen LogP contribution in [0.5, 0.6) is 0 Å². The predicted octanol–water partition coefficient (Wildman–Crippen LogP) is 0.633. The monoisotopic (exact) mass is 281 g/mol. The average molecular weight is 281 g/mol. The molecule has 1 aromatic heterocycles. The van der Waals surface area contributed by atoms with E-state index < -0.39 is 4.92 Å². The van der Waals surface area contributed by atoms with E-state index in [-0.39, 0.29) is 17.6 Å². The number of nitrogens with zero attached hydrogens (tertiary/aromatic N) is 5. The summed E-state index contributed by atoms with van der Waals surface area (Å²) in [6, 6.07) is 0. The van der Waals surface area contributed by atoms with Crippen molar-refractivity contribution >= 4 is 17.5 Å². The molecule has 1 aliphatic rings. The lowest BCUT2D eigenvalue weighted by molar-refractivity contribution is -0.388. The van der Waals surface area contributed by atoms with Crippen molar-refractivity contribution in [2.45, 2.75) is 12.8 Å². The summed E-state index contributed by atoms with van der Waals surface area (Å²) in [6.45, 7) is 1.26. The summed E-state index contributed by atoms with van der Waals surface area (Å²) in [4.78, 5) is 29.8. The van der Waals surface area contributed by atoms with Gasteiger partial charge in [0.25, 0.3) is 0 Å². The molecule has 0 radical (unpaired) electrons. The standard InChI is InChI=1S/C12H19N5O3/c1-14(2)12(18)9-4-6-16(7-5-9)11-10(17(19)20)13-8-15(11)3/h8-9H,4-7H2,1-3H3. The van der Waals surface area contributed by atoms with E-state index in [9.17, 15) is 14.9 Å². The lowest BCUT2D eigenvalue weighted by Crippen LogP contribution is -2.40. The number of hydrogen-bond donors (Lipinski definition) is 0. The maximum Gasteiger partial charge on any atom is 0.406 e. The highest BCUT2D eigenvalue weighted by Gasteiger charge is 2.31. The van der Waals surface area contributed by atoms with E-state index in [1.807, 2.05) is 4.90 Å². The van der Waals surface area contributed by atoms with Crippen LogP contribution in [0.3, 0.4) is 0 Å². The SMILES string of the molecule is CN(C)C(=O)C1CCN(c2c([N+](=O)[O-])ncn2C)CC1. The number of nitro groups is 1. The molecule has 0 aliphatic carbocycles. The van der Waals surface area contributed by atoms with Crippen molar-refractivity contribution in [1.29, 1.82) is 0 Å². The molecule has 0 saturated carbocycles. The minimum atomic E-state index is -0.466. The van der Waals surface area contributed by atoms with Gasteiger partial charge in [0.1, 0.15) is 0 Å². The van der Waals surface area contributed by atoms with Gasteiger partial charge >= 0.3 is 5.82 Å². The first-order chi connectivity index (χ1) is 9.41. The molecule has 1 aliphatic heterocycles. The van der Waals surface area contributed by atoms with E-state index in [1.165, 1.54) is 6.33 Å². The highest BCUT2D eigenvalue weighted by molar-refractivity contribution is 5.78. The van der Waals surface area contributed by atoms with Crippen LogP contribution >= 0.6 is 0 Å². The summed E-state index contributed by atoms with van der Waals surface area (Å²) < 4.78 is 1.66. The highest BCUT2D eigenvalue weighted by Crippen LogP contribution is 2.30. The molecule has 8 nitrogen and oxygen atoms in total. The zero-order valence-corrected chi connectivity index (χ0v) is 11.9. The van der Waals surface area contributed by atoms with Crippen LogP contribution < -0.4 is 4.90 Å². The van der Waals surface area contributed by atoms with Gasteiger partial charge in [0.2, 0.25) is 18.1 Å². The smallest absolute Gasteiger partial charge is 0.358 e. The lowest BCUT2D eigenvalue weighted by Gasteiger charge is -2.33. The Hall–Kier alpha value is -2.12. The summed E-state index contributed by atoms with van der Waals surface area (Å²) in [7, 11) is 5.24. The molecule has 0 aromatic carbocycles. The van der Waals surface area contributed by atoms with Crippen LogP contribution in [-0.2, 0) is 11.8 Å². The second-order valence-electron chi connectivity index (χ2n) is 5.25. The number of rotatable bonds is 3. The number of aromatic nitrogens is 2. The van der Waals surface area contributed by atoms with Crippen LogP contribution in [0, 0.1) is 16.0 Å². The van der Waals surface area contributed by atoms with E-state index in [2.05, 4.69) is 4.98 Å². The zero-order valence-electron chi connectivity index (χ0n) is 11.9. The van der Waals surface area contributed by atoms with Crippen molar-refractivity contribution in [1.82, 2.24) is 14.5 Å². The predicted molar refractivity (Wildman–Crippen MR) is 73.5 cm³/mol. The molecule has 1 saturated heterocycles. The Balaban J connectivity index is 2.10. The van der Waals surface area contributed by atoms with Crippen molar-refractivity contribution in [3.05, 3.63) is 16.4 Å². The third-order valence-electron chi connectivity index (χ3n) is 3.64. The molecule has 0 N–H and O–H groups in total. The van der Waals surface area contributed by atoms with Gasteiger partial charge in [-0.1, -0.05) is 0 Å². The first-order valence-corrected chi connectivity index (χ1v) is 6.53. The molecular weight excluding hydrogens is 262 g/mol. The van der Waals surface area contributed by atoms with E-state index in [4.69, 9.17) is 0 Å². The fourth-order valence-corrected chi connectivity index (χ4v) is 2.61. The molecule has 1 amide bonds. The number of aryl methyl sites for hydroxylation is 1. The van der Waals surface area contributed by atoms with E-state index >= 15 is 0 Å². The van der Waals surface area contributed by atoms with Crippen LogP contribution in [0.25, 0.3) is 0 Å². The fourth-order valence-electron chi connectivity index (χ4n) is 2.61. The van der Waals surface area contributed by atoms with Gasteiger partial charge in [-0.15, -0.1) is 0 Å². The normalized spacial score (nSPS) is 16.2. The molecule has 2 heterocycles. The fraction of sp³-hybridized carbons (Fsp3) is 0.667. The average Bonchev–Trinajstić information content (AvgIpc) is 2.80. The molecule has 0 spiro atoms. The maximum atomic E-state index is 11.9. The summed E-state index contributed by atoms with van der Waals surface area (Å²) >= 11 is 0. The number of piperidine rings is 1. The van der Waals surface area contributed by atoms with Crippen LogP contribution in [-0.4, -0.2) is 52.5 Å². The third-order valence-corrected chi connectivity index (χ3v) is 3.64. The topological polar surface area (TPSA) is 84.5 Å². The molecular formula is C12H19N5O3. The van der Waals surface area contributed by atoms with Crippen molar-refractivity contribution in [2.75, 3.05) is 32.1 Å². The van der Waals surface area contributed by atoms with E-state index in [1.54, 1.807) is 30.6 Å². The van der Waals surface area contributed by atoms with Crippen LogP contribution in [0.2, 0.25) is 0 Å². The van der Waals surface area contributed by atoms with Crippen LogP contribution in [0.4, 0.5) is 11.6 Å². The van der Waals surface area contributed by atoms with Crippen molar-refractivity contribution < 1.29 is 9.72 Å². The Kier molecular flexibility index (Phi) is 3.91. The Morgan fingerprint density at radius 1 is 1.45 bits per heavy atom.